The number of dihydropyridines is 1. The average Bonchev–Trinajstić information content (AvgIpc) is 3.10. The summed E-state index contributed by atoms with van der Waals surface area (Å²) in [5, 5.41) is 9.35. The molecule has 0 amide bonds. The zero-order valence-electron chi connectivity index (χ0n) is 15.2. The first-order chi connectivity index (χ1) is 13.9. The maximum absolute atomic E-state index is 14.1. The molecule has 1 aromatic heterocycles. The summed E-state index contributed by atoms with van der Waals surface area (Å²) >= 11 is 0. The lowest BCUT2D eigenvalue weighted by Gasteiger charge is -2.18. The zero-order valence-corrected chi connectivity index (χ0v) is 15.2. The predicted octanol–water partition coefficient (Wildman–Crippen LogP) is 4.25. The first kappa shape index (κ1) is 19.0. The number of anilines is 1. The van der Waals surface area contributed by atoms with E-state index in [1.54, 1.807) is 12.3 Å². The van der Waals surface area contributed by atoms with Gasteiger partial charge < -0.3 is 16.0 Å². The van der Waals surface area contributed by atoms with Gasteiger partial charge in [0.05, 0.1) is 5.56 Å². The Morgan fingerprint density at radius 3 is 2.72 bits per heavy atom. The molecule has 1 unspecified atom stereocenters. The van der Waals surface area contributed by atoms with Crippen molar-refractivity contribution in [2.45, 2.75) is 25.3 Å². The van der Waals surface area contributed by atoms with Crippen molar-refractivity contribution in [3.05, 3.63) is 94.7 Å². The van der Waals surface area contributed by atoms with Crippen LogP contribution in [0.1, 0.15) is 16.7 Å². The number of aromatic nitrogens is 1. The van der Waals surface area contributed by atoms with E-state index >= 15 is 0 Å². The number of nitrogens with one attached hydrogen (secondary N) is 3. The number of nitrogens with zero attached hydrogens (tertiary/aromatic N) is 1. The highest BCUT2D eigenvalue weighted by atomic mass is 19.4. The number of allylic oxidation sites excluding steroid dienone is 2. The molecule has 0 spiro atoms. The van der Waals surface area contributed by atoms with Crippen molar-refractivity contribution < 1.29 is 17.6 Å². The van der Waals surface area contributed by atoms with Gasteiger partial charge in [0, 0.05) is 30.9 Å². The van der Waals surface area contributed by atoms with Crippen molar-refractivity contribution in [3.8, 4) is 0 Å². The summed E-state index contributed by atoms with van der Waals surface area (Å²) in [5.74, 6) is -0.800. The normalized spacial score (nSPS) is 17.7. The van der Waals surface area contributed by atoms with Gasteiger partial charge in [-0.05, 0) is 41.1 Å². The van der Waals surface area contributed by atoms with Crippen molar-refractivity contribution in [1.82, 2.24) is 15.6 Å². The number of fused-ring (bicyclic) bond motifs is 1. The van der Waals surface area contributed by atoms with Crippen molar-refractivity contribution in [1.29, 1.82) is 0 Å². The van der Waals surface area contributed by atoms with Gasteiger partial charge in [0.15, 0.2) is 0 Å². The fourth-order valence-corrected chi connectivity index (χ4v) is 3.31. The molecule has 2 aromatic rings. The highest BCUT2D eigenvalue weighted by molar-refractivity contribution is 5.47. The van der Waals surface area contributed by atoms with Crippen molar-refractivity contribution >= 4 is 5.82 Å². The van der Waals surface area contributed by atoms with Crippen molar-refractivity contribution in [2.75, 3.05) is 5.32 Å². The van der Waals surface area contributed by atoms with Gasteiger partial charge in [0.25, 0.3) is 0 Å². The van der Waals surface area contributed by atoms with Gasteiger partial charge in [-0.15, -0.1) is 0 Å². The molecular weight excluding hydrogens is 384 g/mol. The Hall–Kier alpha value is -3.29. The highest BCUT2D eigenvalue weighted by Crippen LogP contribution is 2.32. The molecule has 8 heteroatoms. The van der Waals surface area contributed by atoms with E-state index < -0.39 is 17.6 Å². The molecule has 0 radical (unpaired) electrons. The maximum atomic E-state index is 14.1. The molecule has 4 nitrogen and oxygen atoms in total. The van der Waals surface area contributed by atoms with Crippen LogP contribution in [0.5, 0.6) is 0 Å². The molecule has 0 bridgehead atoms. The van der Waals surface area contributed by atoms with Gasteiger partial charge in [-0.25, -0.2) is 9.37 Å². The number of halogens is 4. The van der Waals surface area contributed by atoms with Crippen LogP contribution in [0.3, 0.4) is 0 Å². The fraction of sp³-hybridized carbons (Fsp3) is 0.190. The van der Waals surface area contributed by atoms with E-state index in [4.69, 9.17) is 0 Å². The SMILES string of the molecule is Fc1c(CNc2ccc(CC3=CNC4NC=CC=C34)cn2)cccc1C(F)(F)F. The number of pyridine rings is 1. The Morgan fingerprint density at radius 1 is 1.10 bits per heavy atom. The first-order valence-corrected chi connectivity index (χ1v) is 9.03. The molecule has 1 atom stereocenters. The molecule has 0 fully saturated rings. The minimum Gasteiger partial charge on any atom is -0.368 e. The van der Waals surface area contributed by atoms with E-state index in [0.29, 0.717) is 12.2 Å². The van der Waals surface area contributed by atoms with Crippen molar-refractivity contribution in [2.24, 2.45) is 0 Å². The average molecular weight is 402 g/mol. The van der Waals surface area contributed by atoms with Crippen LogP contribution in [-0.4, -0.2) is 11.1 Å². The second kappa shape index (κ2) is 7.62. The molecule has 0 saturated carbocycles. The lowest BCUT2D eigenvalue weighted by Crippen LogP contribution is -2.35. The van der Waals surface area contributed by atoms with Gasteiger partial charge >= 0.3 is 6.18 Å². The van der Waals surface area contributed by atoms with E-state index in [1.807, 2.05) is 24.5 Å². The van der Waals surface area contributed by atoms with Gasteiger partial charge in [-0.3, -0.25) is 0 Å². The first-order valence-electron chi connectivity index (χ1n) is 9.03. The maximum Gasteiger partial charge on any atom is 0.419 e. The standard InChI is InChI=1S/C21H18F4N4/c22-19-14(3-1-5-17(19)21(23,24)25)11-28-18-7-6-13(10-27-18)9-15-12-29-20-16(15)4-2-8-26-20/h1-8,10,12,20,26,29H,9,11H2,(H,27,28). The Kier molecular flexibility index (Phi) is 5.00. The smallest absolute Gasteiger partial charge is 0.368 e. The predicted molar refractivity (Wildman–Crippen MR) is 102 cm³/mol. The molecule has 3 N–H and O–H groups in total. The van der Waals surface area contributed by atoms with Gasteiger partial charge in [0.1, 0.15) is 17.8 Å². The van der Waals surface area contributed by atoms with Crippen LogP contribution in [0.2, 0.25) is 0 Å². The van der Waals surface area contributed by atoms with E-state index in [2.05, 4.69) is 27.0 Å². The lowest BCUT2D eigenvalue weighted by atomic mass is 9.99. The Bertz CT molecular complexity index is 991. The zero-order chi connectivity index (χ0) is 20.4. The van der Waals surface area contributed by atoms with Crippen LogP contribution in [-0.2, 0) is 19.1 Å². The molecular formula is C21H18F4N4. The van der Waals surface area contributed by atoms with E-state index in [9.17, 15) is 17.6 Å². The second-order valence-corrected chi connectivity index (χ2v) is 6.78. The van der Waals surface area contributed by atoms with Crippen LogP contribution >= 0.6 is 0 Å². The highest BCUT2D eigenvalue weighted by Gasteiger charge is 2.34. The number of rotatable bonds is 5. The third-order valence-electron chi connectivity index (χ3n) is 4.80. The number of benzene rings is 1. The Balaban J connectivity index is 1.40. The summed E-state index contributed by atoms with van der Waals surface area (Å²) in [5.41, 5.74) is 1.99. The molecule has 150 valence electrons. The molecule has 29 heavy (non-hydrogen) atoms. The number of alkyl halides is 3. The summed E-state index contributed by atoms with van der Waals surface area (Å²) in [6.07, 6.45) is 5.62. The number of hydrogen-bond acceptors (Lipinski definition) is 4. The monoisotopic (exact) mass is 402 g/mol. The van der Waals surface area contributed by atoms with E-state index in [0.717, 1.165) is 17.2 Å². The third kappa shape index (κ3) is 4.11. The molecule has 1 aromatic carbocycles. The molecule has 0 aliphatic carbocycles. The largest absolute Gasteiger partial charge is 0.419 e. The lowest BCUT2D eigenvalue weighted by molar-refractivity contribution is -0.140. The summed E-state index contributed by atoms with van der Waals surface area (Å²) in [6, 6.07) is 6.87. The summed E-state index contributed by atoms with van der Waals surface area (Å²) in [7, 11) is 0. The molecule has 4 rings (SSSR count). The molecule has 3 heterocycles. The minimum absolute atomic E-state index is 0.0660. The van der Waals surface area contributed by atoms with Gasteiger partial charge in [0.2, 0.25) is 0 Å². The Morgan fingerprint density at radius 2 is 1.97 bits per heavy atom. The second-order valence-electron chi connectivity index (χ2n) is 6.78. The van der Waals surface area contributed by atoms with Gasteiger partial charge in [-0.2, -0.15) is 13.2 Å². The van der Waals surface area contributed by atoms with Crippen LogP contribution in [0.4, 0.5) is 23.4 Å². The van der Waals surface area contributed by atoms with Crippen LogP contribution in [0.15, 0.2) is 72.2 Å². The van der Waals surface area contributed by atoms with Crippen LogP contribution in [0, 0.1) is 5.82 Å². The van der Waals surface area contributed by atoms with Crippen molar-refractivity contribution in [3.63, 3.8) is 0 Å². The van der Waals surface area contributed by atoms with Crippen LogP contribution in [0.25, 0.3) is 0 Å². The topological polar surface area (TPSA) is 49.0 Å². The number of hydrogen-bond donors (Lipinski definition) is 3. The van der Waals surface area contributed by atoms with E-state index in [-0.39, 0.29) is 18.3 Å². The minimum atomic E-state index is -4.72. The fourth-order valence-electron chi connectivity index (χ4n) is 3.31. The summed E-state index contributed by atoms with van der Waals surface area (Å²) in [6.45, 7) is -0.0935. The third-order valence-corrected chi connectivity index (χ3v) is 4.80. The molecule has 0 saturated heterocycles. The van der Waals surface area contributed by atoms with E-state index in [1.165, 1.54) is 17.7 Å². The summed E-state index contributed by atoms with van der Waals surface area (Å²) < 4.78 is 52.5. The molecule has 2 aliphatic heterocycles. The Labute approximate surface area is 165 Å². The summed E-state index contributed by atoms with van der Waals surface area (Å²) in [4.78, 5) is 4.29. The van der Waals surface area contributed by atoms with Crippen LogP contribution < -0.4 is 16.0 Å². The quantitative estimate of drug-likeness (QED) is 0.655. The van der Waals surface area contributed by atoms with Gasteiger partial charge in [-0.1, -0.05) is 24.3 Å². The molecule has 2 aliphatic rings.